The van der Waals surface area contributed by atoms with Crippen LogP contribution in [0.1, 0.15) is 65.2 Å². The Morgan fingerprint density at radius 3 is 2.57 bits per heavy atom. The molecule has 23 heavy (non-hydrogen) atoms. The second-order valence-corrected chi connectivity index (χ2v) is 9.06. The molecule has 2 unspecified atom stereocenters. The molecule has 0 amide bonds. The lowest BCUT2D eigenvalue weighted by Crippen LogP contribution is -2.59. The SMILES string of the molecule is C[C@]12C(C=O)CCCC1C(=O)C[C@@H]1[C@@H]2CC[C@]2(C)C(=O)CC[C@@H]12. The molecule has 4 aliphatic rings. The summed E-state index contributed by atoms with van der Waals surface area (Å²) < 4.78 is 0. The van der Waals surface area contributed by atoms with Gasteiger partial charge >= 0.3 is 0 Å². The summed E-state index contributed by atoms with van der Waals surface area (Å²) in [6.45, 7) is 4.37. The molecule has 3 nitrogen and oxygen atoms in total. The third-order valence-corrected chi connectivity index (χ3v) is 8.49. The van der Waals surface area contributed by atoms with E-state index in [-0.39, 0.29) is 22.7 Å². The fourth-order valence-corrected chi connectivity index (χ4v) is 7.17. The first-order valence-electron chi connectivity index (χ1n) is 9.44. The summed E-state index contributed by atoms with van der Waals surface area (Å²) in [5.74, 6) is 2.04. The highest BCUT2D eigenvalue weighted by Crippen LogP contribution is 2.65. The molecule has 0 spiro atoms. The van der Waals surface area contributed by atoms with Crippen LogP contribution in [0, 0.1) is 40.4 Å². The molecule has 4 rings (SSSR count). The zero-order valence-electron chi connectivity index (χ0n) is 14.3. The summed E-state index contributed by atoms with van der Waals surface area (Å²) in [6, 6.07) is 0. The maximum atomic E-state index is 12.9. The fraction of sp³-hybridized carbons (Fsp3) is 0.850. The lowest BCUT2D eigenvalue weighted by Gasteiger charge is -2.60. The Bertz CT molecular complexity index is 567. The van der Waals surface area contributed by atoms with E-state index in [0.717, 1.165) is 44.8 Å². The minimum absolute atomic E-state index is 0.0273. The van der Waals surface area contributed by atoms with E-state index >= 15 is 0 Å². The molecule has 0 N–H and O–H groups in total. The van der Waals surface area contributed by atoms with Gasteiger partial charge in [0.1, 0.15) is 17.9 Å². The second kappa shape index (κ2) is 5.00. The average Bonchev–Trinajstić information content (AvgIpc) is 2.83. The van der Waals surface area contributed by atoms with Gasteiger partial charge in [-0.15, -0.1) is 0 Å². The van der Waals surface area contributed by atoms with Gasteiger partial charge in [0.2, 0.25) is 0 Å². The number of hydrogen-bond acceptors (Lipinski definition) is 3. The highest BCUT2D eigenvalue weighted by molar-refractivity contribution is 5.88. The van der Waals surface area contributed by atoms with Gasteiger partial charge in [0.05, 0.1) is 0 Å². The molecule has 0 aromatic carbocycles. The number of ketones is 2. The molecule has 0 aromatic heterocycles. The van der Waals surface area contributed by atoms with Crippen LogP contribution in [0.15, 0.2) is 0 Å². The molecule has 3 heteroatoms. The molecule has 0 heterocycles. The lowest BCUT2D eigenvalue weighted by atomic mass is 9.43. The van der Waals surface area contributed by atoms with Crippen LogP contribution in [0.5, 0.6) is 0 Å². The number of carbonyl (C=O) groups is 3. The van der Waals surface area contributed by atoms with E-state index in [1.165, 1.54) is 0 Å². The van der Waals surface area contributed by atoms with E-state index in [1.54, 1.807) is 0 Å². The van der Waals surface area contributed by atoms with Crippen molar-refractivity contribution >= 4 is 17.9 Å². The van der Waals surface area contributed by atoms with Gasteiger partial charge in [-0.1, -0.05) is 20.3 Å². The Labute approximate surface area is 138 Å². The van der Waals surface area contributed by atoms with Crippen molar-refractivity contribution < 1.29 is 14.4 Å². The van der Waals surface area contributed by atoms with Crippen molar-refractivity contribution in [1.82, 2.24) is 0 Å². The Morgan fingerprint density at radius 1 is 1.04 bits per heavy atom. The first-order valence-corrected chi connectivity index (χ1v) is 9.44. The Balaban J connectivity index is 1.75. The monoisotopic (exact) mass is 316 g/mol. The van der Waals surface area contributed by atoms with Gasteiger partial charge in [-0.25, -0.2) is 0 Å². The summed E-state index contributed by atoms with van der Waals surface area (Å²) in [6.07, 6.45) is 8.32. The molecule has 126 valence electrons. The standard InChI is InChI=1S/C20H28O3/c1-19-9-8-15-13(14(19)6-7-18(19)23)10-17(22)16-5-3-4-12(11-21)20(15,16)2/h11-16H,3-10H2,1-2H3/t12?,13-,14-,15-,16?,19-,20+/m0/s1. The molecule has 0 radical (unpaired) electrons. The summed E-state index contributed by atoms with van der Waals surface area (Å²) in [7, 11) is 0. The molecular weight excluding hydrogens is 288 g/mol. The van der Waals surface area contributed by atoms with Gasteiger partial charge in [-0.2, -0.15) is 0 Å². The first kappa shape index (κ1) is 15.5. The molecule has 0 saturated heterocycles. The lowest BCUT2D eigenvalue weighted by molar-refractivity contribution is -0.165. The van der Waals surface area contributed by atoms with Crippen LogP contribution in [0.25, 0.3) is 0 Å². The van der Waals surface area contributed by atoms with Crippen LogP contribution >= 0.6 is 0 Å². The number of Topliss-reactive ketones (excluding diaryl/α,β-unsaturated/α-hetero) is 2. The summed E-state index contributed by atoms with van der Waals surface area (Å²) in [5, 5.41) is 0. The van der Waals surface area contributed by atoms with Crippen molar-refractivity contribution in [1.29, 1.82) is 0 Å². The smallest absolute Gasteiger partial charge is 0.139 e. The number of fused-ring (bicyclic) bond motifs is 5. The second-order valence-electron chi connectivity index (χ2n) is 9.06. The van der Waals surface area contributed by atoms with Gasteiger partial charge in [-0.3, -0.25) is 9.59 Å². The fourth-order valence-electron chi connectivity index (χ4n) is 7.17. The summed E-state index contributed by atoms with van der Waals surface area (Å²) in [5.41, 5.74) is -0.358. The minimum Gasteiger partial charge on any atom is -0.303 e. The predicted molar refractivity (Wildman–Crippen MR) is 86.7 cm³/mol. The molecule has 4 aliphatic carbocycles. The maximum absolute atomic E-state index is 12.9. The van der Waals surface area contributed by atoms with E-state index in [0.29, 0.717) is 42.2 Å². The van der Waals surface area contributed by atoms with Gasteiger partial charge in [0, 0.05) is 30.1 Å². The van der Waals surface area contributed by atoms with Crippen LogP contribution in [0.2, 0.25) is 0 Å². The zero-order chi connectivity index (χ0) is 16.4. The highest BCUT2D eigenvalue weighted by Gasteiger charge is 2.63. The summed E-state index contributed by atoms with van der Waals surface area (Å²) in [4.78, 5) is 37.1. The van der Waals surface area contributed by atoms with Crippen LogP contribution < -0.4 is 0 Å². The maximum Gasteiger partial charge on any atom is 0.139 e. The van der Waals surface area contributed by atoms with Crippen molar-refractivity contribution in [3.05, 3.63) is 0 Å². The van der Waals surface area contributed by atoms with Gasteiger partial charge in [-0.05, 0) is 55.3 Å². The van der Waals surface area contributed by atoms with Crippen LogP contribution in [0.4, 0.5) is 0 Å². The number of aldehydes is 1. The van der Waals surface area contributed by atoms with Crippen LogP contribution in [0.3, 0.4) is 0 Å². The van der Waals surface area contributed by atoms with E-state index in [9.17, 15) is 14.4 Å². The van der Waals surface area contributed by atoms with Crippen LogP contribution in [-0.2, 0) is 14.4 Å². The Morgan fingerprint density at radius 2 is 1.83 bits per heavy atom. The zero-order valence-corrected chi connectivity index (χ0v) is 14.3. The third-order valence-electron chi connectivity index (χ3n) is 8.49. The number of carbonyl (C=O) groups excluding carboxylic acids is 3. The molecule has 0 bridgehead atoms. The molecule has 4 fully saturated rings. The van der Waals surface area contributed by atoms with E-state index in [4.69, 9.17) is 0 Å². The molecule has 0 aromatic rings. The quantitative estimate of drug-likeness (QED) is 0.695. The van der Waals surface area contributed by atoms with E-state index < -0.39 is 0 Å². The van der Waals surface area contributed by atoms with E-state index in [1.807, 2.05) is 0 Å². The molecule has 4 saturated carbocycles. The van der Waals surface area contributed by atoms with Crippen molar-refractivity contribution in [2.75, 3.05) is 0 Å². The molecule has 0 aliphatic heterocycles. The van der Waals surface area contributed by atoms with Crippen LogP contribution in [-0.4, -0.2) is 17.9 Å². The number of hydrogen-bond donors (Lipinski definition) is 0. The topological polar surface area (TPSA) is 51.2 Å². The summed E-state index contributed by atoms with van der Waals surface area (Å²) >= 11 is 0. The van der Waals surface area contributed by atoms with Crippen molar-refractivity contribution in [3.63, 3.8) is 0 Å². The predicted octanol–water partition coefficient (Wildman–Crippen LogP) is 3.59. The Kier molecular flexibility index (Phi) is 3.38. The molecular formula is C20H28O3. The Hall–Kier alpha value is -0.990. The third kappa shape index (κ3) is 1.85. The minimum atomic E-state index is -0.198. The van der Waals surface area contributed by atoms with Gasteiger partial charge in [0.15, 0.2) is 0 Å². The first-order chi connectivity index (χ1) is 10.9. The van der Waals surface area contributed by atoms with Gasteiger partial charge < -0.3 is 4.79 Å². The molecule has 7 atom stereocenters. The van der Waals surface area contributed by atoms with Crippen molar-refractivity contribution in [2.24, 2.45) is 40.4 Å². The van der Waals surface area contributed by atoms with Gasteiger partial charge in [0.25, 0.3) is 0 Å². The van der Waals surface area contributed by atoms with Crippen molar-refractivity contribution in [3.8, 4) is 0 Å². The highest BCUT2D eigenvalue weighted by atomic mass is 16.1. The normalized spacial score (nSPS) is 52.5. The van der Waals surface area contributed by atoms with Crippen molar-refractivity contribution in [2.45, 2.75) is 65.2 Å². The largest absolute Gasteiger partial charge is 0.303 e. The van der Waals surface area contributed by atoms with E-state index in [2.05, 4.69) is 13.8 Å². The average molecular weight is 316 g/mol. The number of rotatable bonds is 1.